The Hall–Kier alpha value is -1.85. The van der Waals surface area contributed by atoms with E-state index in [-0.39, 0.29) is 12.5 Å². The maximum absolute atomic E-state index is 10.8. The fourth-order valence-electron chi connectivity index (χ4n) is 1.93. The van der Waals surface area contributed by atoms with E-state index in [4.69, 9.17) is 9.84 Å². The lowest BCUT2D eigenvalue weighted by Crippen LogP contribution is -2.26. The van der Waals surface area contributed by atoms with Crippen LogP contribution in [0.2, 0.25) is 0 Å². The molecule has 0 amide bonds. The van der Waals surface area contributed by atoms with Gasteiger partial charge in [-0.15, -0.1) is 0 Å². The molecule has 1 heterocycles. The van der Waals surface area contributed by atoms with Gasteiger partial charge in [-0.3, -0.25) is 4.79 Å². The minimum Gasteiger partial charge on any atom is -0.481 e. The number of rotatable bonds is 6. The van der Waals surface area contributed by atoms with E-state index in [1.807, 2.05) is 0 Å². The Bertz CT molecular complexity index is 446. The number of aliphatic carboxylic acids is 1. The Morgan fingerprint density at radius 2 is 2.33 bits per heavy atom. The van der Waals surface area contributed by atoms with Crippen LogP contribution < -0.4 is 10.1 Å². The number of carbonyl (C=O) groups is 1. The summed E-state index contributed by atoms with van der Waals surface area (Å²) in [6.07, 6.45) is 2.26. The van der Waals surface area contributed by atoms with E-state index in [9.17, 15) is 4.79 Å². The number of hydrogen-bond donors (Lipinski definition) is 2. The molecule has 1 fully saturated rings. The van der Waals surface area contributed by atoms with Crippen LogP contribution in [0, 0.1) is 12.8 Å². The zero-order valence-corrected chi connectivity index (χ0v) is 10.5. The Labute approximate surface area is 105 Å². The molecule has 0 bridgehead atoms. The van der Waals surface area contributed by atoms with Gasteiger partial charge in [-0.1, -0.05) is 0 Å². The first-order valence-electron chi connectivity index (χ1n) is 5.96. The van der Waals surface area contributed by atoms with Gasteiger partial charge < -0.3 is 15.2 Å². The van der Waals surface area contributed by atoms with Crippen LogP contribution in [-0.4, -0.2) is 34.2 Å². The van der Waals surface area contributed by atoms with Crippen molar-refractivity contribution in [3.05, 3.63) is 11.9 Å². The van der Waals surface area contributed by atoms with E-state index in [1.165, 1.54) is 0 Å². The normalized spacial score (nSPS) is 16.1. The molecule has 1 aliphatic carbocycles. The molecule has 1 aromatic heterocycles. The molecule has 0 radical (unpaired) electrons. The monoisotopic (exact) mass is 251 g/mol. The highest BCUT2D eigenvalue weighted by Gasteiger charge is 2.33. The lowest BCUT2D eigenvalue weighted by atomic mass is 10.1. The number of methoxy groups -OCH3 is 1. The predicted molar refractivity (Wildman–Crippen MR) is 65.7 cm³/mol. The summed E-state index contributed by atoms with van der Waals surface area (Å²) in [6, 6.07) is 1.62. The smallest absolute Gasteiger partial charge is 0.305 e. The predicted octanol–water partition coefficient (Wildman–Crippen LogP) is 1.46. The van der Waals surface area contributed by atoms with E-state index >= 15 is 0 Å². The van der Waals surface area contributed by atoms with Crippen molar-refractivity contribution in [2.24, 2.45) is 5.92 Å². The fraction of sp³-hybridized carbons (Fsp3) is 0.583. The van der Waals surface area contributed by atoms with Crippen LogP contribution in [0.1, 0.15) is 25.1 Å². The van der Waals surface area contributed by atoms with Gasteiger partial charge >= 0.3 is 5.97 Å². The van der Waals surface area contributed by atoms with Crippen molar-refractivity contribution in [3.8, 4) is 5.88 Å². The van der Waals surface area contributed by atoms with Crippen LogP contribution in [0.25, 0.3) is 0 Å². The Balaban J connectivity index is 2.10. The number of nitrogens with zero attached hydrogens (tertiary/aromatic N) is 2. The lowest BCUT2D eigenvalue weighted by Gasteiger charge is -2.17. The number of hydrogen-bond acceptors (Lipinski definition) is 5. The second-order valence-corrected chi connectivity index (χ2v) is 4.53. The third-order valence-electron chi connectivity index (χ3n) is 2.94. The van der Waals surface area contributed by atoms with Gasteiger partial charge in [0.15, 0.2) is 0 Å². The Morgan fingerprint density at radius 1 is 1.61 bits per heavy atom. The standard InChI is InChI=1S/C12H17N3O3/c1-7-13-10(6-11(14-7)18-2)15-9(5-12(16)17)8-3-4-8/h6,8-9H,3-5H2,1-2H3,(H,16,17)(H,13,14,15). The first-order valence-corrected chi connectivity index (χ1v) is 5.96. The molecule has 0 aromatic carbocycles. The van der Waals surface area contributed by atoms with Gasteiger partial charge in [-0.2, -0.15) is 4.98 Å². The van der Waals surface area contributed by atoms with Gasteiger partial charge in [0.05, 0.1) is 13.5 Å². The van der Waals surface area contributed by atoms with Crippen LogP contribution in [0.5, 0.6) is 5.88 Å². The molecular weight excluding hydrogens is 234 g/mol. The van der Waals surface area contributed by atoms with Crippen LogP contribution in [0.3, 0.4) is 0 Å². The van der Waals surface area contributed by atoms with Crippen LogP contribution in [0.15, 0.2) is 6.07 Å². The summed E-state index contributed by atoms with van der Waals surface area (Å²) in [4.78, 5) is 19.2. The van der Waals surface area contributed by atoms with Crippen molar-refractivity contribution in [2.45, 2.75) is 32.2 Å². The summed E-state index contributed by atoms with van der Waals surface area (Å²) in [7, 11) is 1.54. The molecule has 18 heavy (non-hydrogen) atoms. The van der Waals surface area contributed by atoms with Crippen LogP contribution in [0.4, 0.5) is 5.82 Å². The molecule has 6 nitrogen and oxygen atoms in total. The maximum atomic E-state index is 10.8. The summed E-state index contributed by atoms with van der Waals surface area (Å²) in [6.45, 7) is 1.77. The number of aryl methyl sites for hydroxylation is 1. The van der Waals surface area contributed by atoms with Crippen molar-refractivity contribution < 1.29 is 14.6 Å². The maximum Gasteiger partial charge on any atom is 0.305 e. The van der Waals surface area contributed by atoms with Gasteiger partial charge in [-0.25, -0.2) is 4.98 Å². The molecule has 0 aliphatic heterocycles. The number of anilines is 1. The third-order valence-corrected chi connectivity index (χ3v) is 2.94. The second-order valence-electron chi connectivity index (χ2n) is 4.53. The van der Waals surface area contributed by atoms with Gasteiger partial charge in [-0.05, 0) is 25.7 Å². The summed E-state index contributed by atoms with van der Waals surface area (Å²) in [5.41, 5.74) is 0. The van der Waals surface area contributed by atoms with Gasteiger partial charge in [0, 0.05) is 12.1 Å². The molecule has 98 valence electrons. The van der Waals surface area contributed by atoms with Gasteiger partial charge in [0.25, 0.3) is 0 Å². The number of ether oxygens (including phenoxy) is 1. The summed E-state index contributed by atoms with van der Waals surface area (Å²) >= 11 is 0. The molecule has 0 spiro atoms. The molecule has 1 saturated carbocycles. The molecule has 2 N–H and O–H groups in total. The van der Waals surface area contributed by atoms with E-state index in [1.54, 1.807) is 20.1 Å². The van der Waals surface area contributed by atoms with Crippen LogP contribution in [-0.2, 0) is 4.79 Å². The van der Waals surface area contributed by atoms with Crippen molar-refractivity contribution in [1.82, 2.24) is 9.97 Å². The zero-order valence-electron chi connectivity index (χ0n) is 10.5. The first kappa shape index (κ1) is 12.6. The minimum absolute atomic E-state index is 0.0680. The molecule has 1 aromatic rings. The van der Waals surface area contributed by atoms with E-state index in [2.05, 4.69) is 15.3 Å². The zero-order chi connectivity index (χ0) is 13.1. The largest absolute Gasteiger partial charge is 0.481 e. The van der Waals surface area contributed by atoms with E-state index in [0.717, 1.165) is 12.8 Å². The second kappa shape index (κ2) is 5.20. The topological polar surface area (TPSA) is 84.3 Å². The number of carboxylic acids is 1. The quantitative estimate of drug-likeness (QED) is 0.796. The number of nitrogens with one attached hydrogen (secondary N) is 1. The highest BCUT2D eigenvalue weighted by atomic mass is 16.5. The molecule has 6 heteroatoms. The van der Waals surface area contributed by atoms with Crippen LogP contribution >= 0.6 is 0 Å². The molecule has 2 rings (SSSR count). The van der Waals surface area contributed by atoms with Crippen molar-refractivity contribution in [1.29, 1.82) is 0 Å². The van der Waals surface area contributed by atoms with Crippen molar-refractivity contribution in [2.75, 3.05) is 12.4 Å². The summed E-state index contributed by atoms with van der Waals surface area (Å²) in [5.74, 6) is 1.34. The summed E-state index contributed by atoms with van der Waals surface area (Å²) < 4.78 is 5.07. The molecule has 1 atom stereocenters. The minimum atomic E-state index is -0.794. The van der Waals surface area contributed by atoms with Gasteiger partial charge in [0.1, 0.15) is 11.6 Å². The van der Waals surface area contributed by atoms with Crippen molar-refractivity contribution in [3.63, 3.8) is 0 Å². The first-order chi connectivity index (χ1) is 8.58. The number of aromatic nitrogens is 2. The van der Waals surface area contributed by atoms with Gasteiger partial charge in [0.2, 0.25) is 5.88 Å². The van der Waals surface area contributed by atoms with E-state index in [0.29, 0.717) is 23.4 Å². The number of carboxylic acid groups (broad SMARTS) is 1. The molecule has 1 aliphatic rings. The molecule has 1 unspecified atom stereocenters. The van der Waals surface area contributed by atoms with E-state index < -0.39 is 5.97 Å². The Kier molecular flexibility index (Phi) is 3.64. The van der Waals surface area contributed by atoms with Crippen molar-refractivity contribution >= 4 is 11.8 Å². The third kappa shape index (κ3) is 3.32. The summed E-state index contributed by atoms with van der Waals surface area (Å²) in [5, 5.41) is 12.1. The average molecular weight is 251 g/mol. The highest BCUT2D eigenvalue weighted by Crippen LogP contribution is 2.35. The molecular formula is C12H17N3O3. The fourth-order valence-corrected chi connectivity index (χ4v) is 1.93. The average Bonchev–Trinajstić information content (AvgIpc) is 3.10. The highest BCUT2D eigenvalue weighted by molar-refractivity contribution is 5.68. The molecule has 0 saturated heterocycles. The Morgan fingerprint density at radius 3 is 2.89 bits per heavy atom. The SMILES string of the molecule is COc1cc(NC(CC(=O)O)C2CC2)nc(C)n1. The lowest BCUT2D eigenvalue weighted by molar-refractivity contribution is -0.137.